The van der Waals surface area contributed by atoms with Crippen molar-refractivity contribution >= 4 is 28.6 Å². The fourth-order valence-corrected chi connectivity index (χ4v) is 1.69. The highest BCUT2D eigenvalue weighted by atomic mass is 127. The minimum absolute atomic E-state index is 0.300. The second kappa shape index (κ2) is 4.59. The van der Waals surface area contributed by atoms with Gasteiger partial charge < -0.3 is 5.11 Å². The molecule has 0 spiro atoms. The molecule has 0 fully saturated rings. The molecule has 1 aromatic rings. The van der Waals surface area contributed by atoms with E-state index < -0.39 is 5.97 Å². The van der Waals surface area contributed by atoms with Gasteiger partial charge in [-0.3, -0.25) is 4.68 Å². The average molecular weight is 294 g/mol. The number of carboxylic acid groups (broad SMARTS) is 1. The topological polar surface area (TPSA) is 55.1 Å². The monoisotopic (exact) mass is 294 g/mol. The van der Waals surface area contributed by atoms with Crippen LogP contribution in [-0.4, -0.2) is 20.9 Å². The third-order valence-corrected chi connectivity index (χ3v) is 2.51. The Hall–Kier alpha value is -0.590. The number of carbonyl (C=O) groups is 1. The van der Waals surface area contributed by atoms with E-state index in [2.05, 4.69) is 12.0 Å². The Morgan fingerprint density at radius 3 is 3.00 bits per heavy atom. The predicted octanol–water partition coefficient (Wildman–Crippen LogP) is 1.99. The molecular weight excluding hydrogens is 283 g/mol. The van der Waals surface area contributed by atoms with Crippen molar-refractivity contribution in [2.75, 3.05) is 0 Å². The molecule has 0 saturated carbocycles. The largest absolute Gasteiger partial charge is 0.476 e. The zero-order chi connectivity index (χ0) is 9.84. The van der Waals surface area contributed by atoms with E-state index in [1.165, 1.54) is 0 Å². The molecular formula is C8H11IN2O2. The van der Waals surface area contributed by atoms with Gasteiger partial charge in [0.05, 0.1) is 9.77 Å². The molecule has 0 amide bonds. The Labute approximate surface area is 90.1 Å². The third-order valence-electron chi connectivity index (χ3n) is 1.72. The highest BCUT2D eigenvalue weighted by molar-refractivity contribution is 14.1. The van der Waals surface area contributed by atoms with Gasteiger partial charge in [0.15, 0.2) is 5.69 Å². The third kappa shape index (κ3) is 2.43. The summed E-state index contributed by atoms with van der Waals surface area (Å²) in [6.07, 6.45) is 3.58. The zero-order valence-electron chi connectivity index (χ0n) is 7.33. The molecule has 72 valence electrons. The second-order valence-electron chi connectivity index (χ2n) is 2.72. The van der Waals surface area contributed by atoms with Gasteiger partial charge >= 0.3 is 5.97 Å². The summed E-state index contributed by atoms with van der Waals surface area (Å²) in [5.74, 6) is -0.905. The van der Waals surface area contributed by atoms with E-state index in [1.54, 1.807) is 10.9 Å². The number of aromatic carboxylic acids is 1. The van der Waals surface area contributed by atoms with E-state index in [4.69, 9.17) is 5.11 Å². The summed E-state index contributed by atoms with van der Waals surface area (Å²) in [7, 11) is 0. The van der Waals surface area contributed by atoms with E-state index >= 15 is 0 Å². The minimum atomic E-state index is -0.905. The second-order valence-corrected chi connectivity index (χ2v) is 3.89. The summed E-state index contributed by atoms with van der Waals surface area (Å²) >= 11 is 1.98. The predicted molar refractivity (Wildman–Crippen MR) is 56.8 cm³/mol. The van der Waals surface area contributed by atoms with Crippen LogP contribution < -0.4 is 0 Å². The molecule has 4 nitrogen and oxygen atoms in total. The number of nitrogens with zero attached hydrogens (tertiary/aromatic N) is 2. The van der Waals surface area contributed by atoms with Gasteiger partial charge in [0, 0.05) is 6.54 Å². The quantitative estimate of drug-likeness (QED) is 0.864. The number of carboxylic acids is 1. The first-order valence-electron chi connectivity index (χ1n) is 4.11. The number of aryl methyl sites for hydroxylation is 1. The molecule has 0 saturated heterocycles. The maximum atomic E-state index is 10.8. The normalized spacial score (nSPS) is 10.3. The van der Waals surface area contributed by atoms with Gasteiger partial charge in [0.25, 0.3) is 0 Å². The van der Waals surface area contributed by atoms with Gasteiger partial charge in [-0.05, 0) is 29.0 Å². The van der Waals surface area contributed by atoms with E-state index in [9.17, 15) is 4.79 Å². The van der Waals surface area contributed by atoms with E-state index in [-0.39, 0.29) is 0 Å². The number of unbranched alkanes of at least 4 members (excludes halogenated alkanes) is 1. The van der Waals surface area contributed by atoms with Crippen LogP contribution in [0.2, 0.25) is 0 Å². The molecule has 13 heavy (non-hydrogen) atoms. The summed E-state index contributed by atoms with van der Waals surface area (Å²) < 4.78 is 2.24. The van der Waals surface area contributed by atoms with Crippen molar-refractivity contribution in [1.29, 1.82) is 0 Å². The van der Waals surface area contributed by atoms with Crippen LogP contribution in [0.3, 0.4) is 0 Å². The SMILES string of the molecule is CCCCn1ncc(I)c1C(=O)O. The van der Waals surface area contributed by atoms with Gasteiger partial charge in [-0.2, -0.15) is 5.10 Å². The molecule has 0 aromatic carbocycles. The van der Waals surface area contributed by atoms with Crippen LogP contribution in [0, 0.1) is 3.57 Å². The summed E-state index contributed by atoms with van der Waals surface area (Å²) in [5, 5.41) is 12.9. The maximum absolute atomic E-state index is 10.8. The molecule has 0 atom stereocenters. The lowest BCUT2D eigenvalue weighted by atomic mass is 10.3. The Balaban J connectivity index is 2.87. The molecule has 1 aromatic heterocycles. The fourth-order valence-electron chi connectivity index (χ4n) is 1.05. The minimum Gasteiger partial charge on any atom is -0.476 e. The van der Waals surface area contributed by atoms with Gasteiger partial charge in [-0.15, -0.1) is 0 Å². The van der Waals surface area contributed by atoms with Gasteiger partial charge in [0.2, 0.25) is 0 Å². The molecule has 0 aliphatic carbocycles. The molecule has 1 N–H and O–H groups in total. The number of aromatic nitrogens is 2. The fraction of sp³-hybridized carbons (Fsp3) is 0.500. The van der Waals surface area contributed by atoms with Crippen LogP contribution in [-0.2, 0) is 6.54 Å². The Kier molecular flexibility index (Phi) is 3.71. The number of hydrogen-bond donors (Lipinski definition) is 1. The summed E-state index contributed by atoms with van der Waals surface area (Å²) in [6.45, 7) is 2.75. The van der Waals surface area contributed by atoms with Crippen molar-refractivity contribution < 1.29 is 9.90 Å². The van der Waals surface area contributed by atoms with Crippen LogP contribution in [0.4, 0.5) is 0 Å². The number of halogens is 1. The van der Waals surface area contributed by atoms with Crippen molar-refractivity contribution in [3.05, 3.63) is 15.5 Å². The first kappa shape index (κ1) is 10.5. The van der Waals surface area contributed by atoms with Crippen molar-refractivity contribution in [3.8, 4) is 0 Å². The highest BCUT2D eigenvalue weighted by Crippen LogP contribution is 2.12. The molecule has 0 unspecified atom stereocenters. The summed E-state index contributed by atoms with van der Waals surface area (Å²) in [6, 6.07) is 0. The Morgan fingerprint density at radius 2 is 2.46 bits per heavy atom. The first-order chi connectivity index (χ1) is 6.16. The highest BCUT2D eigenvalue weighted by Gasteiger charge is 2.14. The van der Waals surface area contributed by atoms with Crippen molar-refractivity contribution in [3.63, 3.8) is 0 Å². The Bertz CT molecular complexity index is 309. The molecule has 1 heterocycles. The number of rotatable bonds is 4. The zero-order valence-corrected chi connectivity index (χ0v) is 9.48. The van der Waals surface area contributed by atoms with Crippen LogP contribution in [0.5, 0.6) is 0 Å². The molecule has 1 rings (SSSR count). The van der Waals surface area contributed by atoms with Gasteiger partial charge in [-0.25, -0.2) is 4.79 Å². The van der Waals surface area contributed by atoms with E-state index in [0.29, 0.717) is 15.8 Å². The maximum Gasteiger partial charge on any atom is 0.355 e. The smallest absolute Gasteiger partial charge is 0.355 e. The van der Waals surface area contributed by atoms with Crippen molar-refractivity contribution in [2.24, 2.45) is 0 Å². The molecule has 0 bridgehead atoms. The molecule has 5 heteroatoms. The van der Waals surface area contributed by atoms with Crippen molar-refractivity contribution in [2.45, 2.75) is 26.3 Å². The van der Waals surface area contributed by atoms with E-state index in [1.807, 2.05) is 22.6 Å². The van der Waals surface area contributed by atoms with Crippen LogP contribution >= 0.6 is 22.6 Å². The molecule has 0 aliphatic heterocycles. The lowest BCUT2D eigenvalue weighted by molar-refractivity contribution is 0.0681. The van der Waals surface area contributed by atoms with E-state index in [0.717, 1.165) is 12.8 Å². The lowest BCUT2D eigenvalue weighted by Gasteiger charge is -2.02. The van der Waals surface area contributed by atoms with Gasteiger partial charge in [0.1, 0.15) is 0 Å². The van der Waals surface area contributed by atoms with Crippen molar-refractivity contribution in [1.82, 2.24) is 9.78 Å². The summed E-state index contributed by atoms with van der Waals surface area (Å²) in [4.78, 5) is 10.8. The van der Waals surface area contributed by atoms with Crippen LogP contribution in [0.1, 0.15) is 30.3 Å². The lowest BCUT2D eigenvalue weighted by Crippen LogP contribution is -2.11. The van der Waals surface area contributed by atoms with Crippen LogP contribution in [0.15, 0.2) is 6.20 Å². The summed E-state index contributed by atoms with van der Waals surface area (Å²) in [5.41, 5.74) is 0.300. The van der Waals surface area contributed by atoms with Gasteiger partial charge in [-0.1, -0.05) is 13.3 Å². The molecule has 0 aliphatic rings. The molecule has 0 radical (unpaired) electrons. The average Bonchev–Trinajstić information content (AvgIpc) is 2.43. The van der Waals surface area contributed by atoms with Crippen LogP contribution in [0.25, 0.3) is 0 Å². The standard InChI is InChI=1S/C8H11IN2O2/c1-2-3-4-11-7(8(12)13)6(9)5-10-11/h5H,2-4H2,1H3,(H,12,13). The number of hydrogen-bond acceptors (Lipinski definition) is 2. The first-order valence-corrected chi connectivity index (χ1v) is 5.19. The Morgan fingerprint density at radius 1 is 1.77 bits per heavy atom.